The van der Waals surface area contributed by atoms with Crippen molar-refractivity contribution in [1.29, 1.82) is 5.26 Å². The lowest BCUT2D eigenvalue weighted by Gasteiger charge is -2.14. The van der Waals surface area contributed by atoms with Crippen LogP contribution in [0.5, 0.6) is 17.2 Å². The van der Waals surface area contributed by atoms with Crippen LogP contribution in [0.1, 0.15) is 5.56 Å². The molecule has 0 radical (unpaired) electrons. The number of benzene rings is 2. The SMILES string of the molecule is COc1ccc(-c2ccnn2C)c(Oc2ccc(S(=O)(=O)Nc3nccs3)cc2C#N)c1. The first-order valence-corrected chi connectivity index (χ1v) is 11.6. The fourth-order valence-electron chi connectivity index (χ4n) is 2.98. The molecular weight excluding hydrogens is 450 g/mol. The van der Waals surface area contributed by atoms with E-state index < -0.39 is 10.0 Å². The average Bonchev–Trinajstić information content (AvgIpc) is 3.45. The zero-order valence-electron chi connectivity index (χ0n) is 17.0. The third-order valence-electron chi connectivity index (χ3n) is 4.54. The van der Waals surface area contributed by atoms with E-state index in [1.807, 2.05) is 18.2 Å². The number of nitrogens with zero attached hydrogens (tertiary/aromatic N) is 4. The molecule has 0 spiro atoms. The van der Waals surface area contributed by atoms with Crippen molar-refractivity contribution in [3.8, 4) is 34.6 Å². The summed E-state index contributed by atoms with van der Waals surface area (Å²) in [7, 11) is -0.561. The Balaban J connectivity index is 1.71. The van der Waals surface area contributed by atoms with Gasteiger partial charge >= 0.3 is 0 Å². The minimum atomic E-state index is -3.91. The second-order valence-corrected chi connectivity index (χ2v) is 9.09. The minimum absolute atomic E-state index is 0.0609. The number of thiazole rings is 1. The van der Waals surface area contributed by atoms with Crippen LogP contribution in [0.25, 0.3) is 11.3 Å². The molecule has 1 N–H and O–H groups in total. The molecule has 2 aromatic heterocycles. The molecule has 0 atom stereocenters. The number of rotatable bonds is 7. The van der Waals surface area contributed by atoms with Gasteiger partial charge in [0.2, 0.25) is 0 Å². The number of anilines is 1. The van der Waals surface area contributed by atoms with Gasteiger partial charge in [0.05, 0.1) is 23.3 Å². The van der Waals surface area contributed by atoms with Crippen LogP contribution in [0.2, 0.25) is 0 Å². The largest absolute Gasteiger partial charge is 0.497 e. The molecule has 0 saturated heterocycles. The summed E-state index contributed by atoms with van der Waals surface area (Å²) in [5.74, 6) is 1.20. The van der Waals surface area contributed by atoms with Gasteiger partial charge in [-0.3, -0.25) is 9.40 Å². The molecule has 0 aliphatic heterocycles. The van der Waals surface area contributed by atoms with E-state index in [0.29, 0.717) is 11.5 Å². The quantitative estimate of drug-likeness (QED) is 0.436. The number of ether oxygens (including phenoxy) is 2. The van der Waals surface area contributed by atoms with Crippen LogP contribution in [-0.2, 0) is 17.1 Å². The van der Waals surface area contributed by atoms with E-state index in [1.54, 1.807) is 42.5 Å². The molecule has 0 unspecified atom stereocenters. The fourth-order valence-corrected chi connectivity index (χ4v) is 4.80. The molecule has 0 saturated carbocycles. The smallest absolute Gasteiger partial charge is 0.263 e. The third-order valence-corrected chi connectivity index (χ3v) is 6.70. The number of nitriles is 1. The number of hydrogen-bond acceptors (Lipinski definition) is 8. The lowest BCUT2D eigenvalue weighted by molar-refractivity contribution is 0.409. The molecule has 32 heavy (non-hydrogen) atoms. The van der Waals surface area contributed by atoms with Gasteiger partial charge in [0.25, 0.3) is 10.0 Å². The zero-order valence-corrected chi connectivity index (χ0v) is 18.6. The number of nitrogens with one attached hydrogen (secondary N) is 1. The molecule has 4 rings (SSSR count). The van der Waals surface area contributed by atoms with Crippen LogP contribution in [0.3, 0.4) is 0 Å². The first-order valence-electron chi connectivity index (χ1n) is 9.22. The van der Waals surface area contributed by atoms with E-state index in [1.165, 1.54) is 24.4 Å². The van der Waals surface area contributed by atoms with E-state index in [2.05, 4.69) is 14.8 Å². The molecule has 2 aromatic carbocycles. The van der Waals surface area contributed by atoms with Crippen molar-refractivity contribution in [3.05, 3.63) is 65.8 Å². The Bertz CT molecular complexity index is 1410. The van der Waals surface area contributed by atoms with E-state index in [4.69, 9.17) is 9.47 Å². The normalized spacial score (nSPS) is 11.0. The number of sulfonamides is 1. The van der Waals surface area contributed by atoms with Crippen LogP contribution < -0.4 is 14.2 Å². The summed E-state index contributed by atoms with van der Waals surface area (Å²) in [5, 5.41) is 15.7. The van der Waals surface area contributed by atoms with Gasteiger partial charge in [-0.05, 0) is 36.4 Å². The molecule has 2 heterocycles. The van der Waals surface area contributed by atoms with Gasteiger partial charge in [-0.1, -0.05) is 0 Å². The second kappa shape index (κ2) is 8.70. The van der Waals surface area contributed by atoms with Crippen LogP contribution in [0, 0.1) is 11.3 Å². The fraction of sp³-hybridized carbons (Fsp3) is 0.0952. The zero-order chi connectivity index (χ0) is 22.7. The van der Waals surface area contributed by atoms with Crippen LogP contribution in [0.15, 0.2) is 65.1 Å². The maximum atomic E-state index is 12.6. The Morgan fingerprint density at radius 1 is 1.12 bits per heavy atom. The van der Waals surface area contributed by atoms with Crippen molar-refractivity contribution >= 4 is 26.5 Å². The number of aromatic nitrogens is 3. The van der Waals surface area contributed by atoms with Crippen molar-refractivity contribution in [2.24, 2.45) is 7.05 Å². The van der Waals surface area contributed by atoms with Crippen LogP contribution >= 0.6 is 11.3 Å². The number of aryl methyl sites for hydroxylation is 1. The molecule has 9 nitrogen and oxygen atoms in total. The Labute approximate surface area is 188 Å². The molecule has 162 valence electrons. The maximum Gasteiger partial charge on any atom is 0.263 e. The number of methoxy groups -OCH3 is 1. The predicted octanol–water partition coefficient (Wildman–Crippen LogP) is 4.02. The molecule has 11 heteroatoms. The second-order valence-electron chi connectivity index (χ2n) is 6.52. The van der Waals surface area contributed by atoms with Crippen molar-refractivity contribution in [2.75, 3.05) is 11.8 Å². The van der Waals surface area contributed by atoms with Crippen molar-refractivity contribution in [1.82, 2.24) is 14.8 Å². The number of hydrogen-bond donors (Lipinski definition) is 1. The highest BCUT2D eigenvalue weighted by Gasteiger charge is 2.19. The molecule has 0 fully saturated rings. The topological polar surface area (TPSA) is 119 Å². The lowest BCUT2D eigenvalue weighted by Crippen LogP contribution is -2.13. The van der Waals surface area contributed by atoms with Gasteiger partial charge < -0.3 is 9.47 Å². The lowest BCUT2D eigenvalue weighted by atomic mass is 10.1. The molecule has 0 aliphatic carbocycles. The summed E-state index contributed by atoms with van der Waals surface area (Å²) in [4.78, 5) is 3.85. The van der Waals surface area contributed by atoms with E-state index in [0.717, 1.165) is 22.6 Å². The molecule has 0 amide bonds. The Kier molecular flexibility index (Phi) is 5.81. The molecule has 4 aromatic rings. The highest BCUT2D eigenvalue weighted by atomic mass is 32.2. The van der Waals surface area contributed by atoms with Gasteiger partial charge in [-0.15, -0.1) is 11.3 Å². The molecule has 0 bridgehead atoms. The third kappa shape index (κ3) is 4.27. The minimum Gasteiger partial charge on any atom is -0.497 e. The monoisotopic (exact) mass is 467 g/mol. The van der Waals surface area contributed by atoms with E-state index in [9.17, 15) is 13.7 Å². The first-order chi connectivity index (χ1) is 15.4. The summed E-state index contributed by atoms with van der Waals surface area (Å²) in [5.41, 5.74) is 1.59. The summed E-state index contributed by atoms with van der Waals surface area (Å²) >= 11 is 1.15. The van der Waals surface area contributed by atoms with Gasteiger partial charge in [0.1, 0.15) is 23.3 Å². The average molecular weight is 468 g/mol. The molecule has 0 aliphatic rings. The molecular formula is C21H17N5O4S2. The van der Waals surface area contributed by atoms with Gasteiger partial charge in [-0.2, -0.15) is 10.4 Å². The summed E-state index contributed by atoms with van der Waals surface area (Å²) in [6, 6.07) is 13.2. The highest BCUT2D eigenvalue weighted by molar-refractivity contribution is 7.93. The van der Waals surface area contributed by atoms with Gasteiger partial charge in [0.15, 0.2) is 5.13 Å². The van der Waals surface area contributed by atoms with Crippen molar-refractivity contribution in [3.63, 3.8) is 0 Å². The Morgan fingerprint density at radius 3 is 2.62 bits per heavy atom. The van der Waals surface area contributed by atoms with Crippen molar-refractivity contribution < 1.29 is 17.9 Å². The first kappa shape index (κ1) is 21.4. The standard InChI is InChI=1S/C21H17N5O4S2/c1-26-18(7-8-24-26)17-5-3-15(29-2)12-20(17)30-19-6-4-16(11-14(19)13-22)32(27,28)25-21-23-9-10-31-21/h3-12H,1-2H3,(H,23,25). The van der Waals surface area contributed by atoms with Gasteiger partial charge in [0, 0.05) is 36.5 Å². The summed E-state index contributed by atoms with van der Waals surface area (Å²) < 4.78 is 40.7. The van der Waals surface area contributed by atoms with Crippen molar-refractivity contribution in [2.45, 2.75) is 4.90 Å². The van der Waals surface area contributed by atoms with E-state index >= 15 is 0 Å². The van der Waals surface area contributed by atoms with Gasteiger partial charge in [-0.25, -0.2) is 13.4 Å². The maximum absolute atomic E-state index is 12.6. The van der Waals surface area contributed by atoms with E-state index in [-0.39, 0.29) is 21.3 Å². The summed E-state index contributed by atoms with van der Waals surface area (Å²) in [6.45, 7) is 0. The highest BCUT2D eigenvalue weighted by Crippen LogP contribution is 2.37. The Morgan fingerprint density at radius 2 is 1.97 bits per heavy atom. The van der Waals surface area contributed by atoms with Crippen LogP contribution in [0.4, 0.5) is 5.13 Å². The summed E-state index contributed by atoms with van der Waals surface area (Å²) in [6.07, 6.45) is 3.16. The predicted molar refractivity (Wildman–Crippen MR) is 119 cm³/mol. The Hall–Kier alpha value is -3.88. The van der Waals surface area contributed by atoms with Crippen LogP contribution in [-0.4, -0.2) is 30.3 Å².